The van der Waals surface area contributed by atoms with Crippen LogP contribution in [-0.4, -0.2) is 38.7 Å². The van der Waals surface area contributed by atoms with Crippen molar-refractivity contribution in [1.82, 2.24) is 4.90 Å². The molecule has 0 saturated carbocycles. The third-order valence-electron chi connectivity index (χ3n) is 4.42. The fourth-order valence-electron chi connectivity index (χ4n) is 2.90. The molecular formula is C21H19Cl2N3O3S2. The molecule has 2 aromatic rings. The van der Waals surface area contributed by atoms with Crippen LogP contribution in [0.1, 0.15) is 19.3 Å². The molecule has 1 aliphatic rings. The summed E-state index contributed by atoms with van der Waals surface area (Å²) in [5.74, 6) is -0.647. The van der Waals surface area contributed by atoms with Crippen LogP contribution in [0.15, 0.2) is 48.5 Å². The van der Waals surface area contributed by atoms with Crippen molar-refractivity contribution in [3.8, 4) is 0 Å². The van der Waals surface area contributed by atoms with Crippen LogP contribution in [0.2, 0.25) is 10.0 Å². The second-order valence-corrected chi connectivity index (χ2v) is 9.49. The molecule has 2 aromatic carbocycles. The second kappa shape index (κ2) is 10.9. The Morgan fingerprint density at radius 2 is 1.45 bits per heavy atom. The van der Waals surface area contributed by atoms with Gasteiger partial charge in [-0.1, -0.05) is 47.2 Å². The maximum atomic E-state index is 12.7. The molecule has 0 radical (unpaired) electrons. The number of carbonyl (C=O) groups is 3. The molecule has 0 unspecified atom stereocenters. The van der Waals surface area contributed by atoms with Gasteiger partial charge in [-0.15, -0.1) is 0 Å². The van der Waals surface area contributed by atoms with Gasteiger partial charge in [0.15, 0.2) is 0 Å². The summed E-state index contributed by atoms with van der Waals surface area (Å²) in [5, 5.41) is 6.12. The molecule has 6 nitrogen and oxygen atoms in total. The van der Waals surface area contributed by atoms with E-state index in [0.717, 1.165) is 0 Å². The van der Waals surface area contributed by atoms with Gasteiger partial charge < -0.3 is 10.6 Å². The van der Waals surface area contributed by atoms with Gasteiger partial charge in [-0.2, -0.15) is 0 Å². The van der Waals surface area contributed by atoms with Gasteiger partial charge in [0.2, 0.25) is 17.7 Å². The first-order chi connectivity index (χ1) is 14.8. The fourth-order valence-corrected chi connectivity index (χ4v) is 4.69. The average molecular weight is 496 g/mol. The highest BCUT2D eigenvalue weighted by molar-refractivity contribution is 8.24. The van der Waals surface area contributed by atoms with Crippen LogP contribution in [0.25, 0.3) is 0 Å². The summed E-state index contributed by atoms with van der Waals surface area (Å²) in [6.07, 6.45) is 0.705. The van der Waals surface area contributed by atoms with Gasteiger partial charge in [-0.05, 0) is 55.0 Å². The van der Waals surface area contributed by atoms with Crippen molar-refractivity contribution in [3.05, 3.63) is 58.6 Å². The maximum absolute atomic E-state index is 12.7. The fraction of sp³-hybridized carbons (Fsp3) is 0.238. The molecule has 0 spiro atoms. The minimum absolute atomic E-state index is 0.0137. The molecule has 0 aliphatic carbocycles. The lowest BCUT2D eigenvalue weighted by Crippen LogP contribution is -2.34. The van der Waals surface area contributed by atoms with Gasteiger partial charge in [0.1, 0.15) is 4.32 Å². The lowest BCUT2D eigenvalue weighted by atomic mass is 10.2. The summed E-state index contributed by atoms with van der Waals surface area (Å²) in [6, 6.07) is 13.5. The number of rotatable bonds is 8. The number of anilines is 2. The molecular weight excluding hydrogens is 477 g/mol. The number of carbonyl (C=O) groups excluding carboxylic acids is 3. The highest BCUT2D eigenvalue weighted by Crippen LogP contribution is 2.30. The number of halogens is 2. The van der Waals surface area contributed by atoms with Crippen LogP contribution < -0.4 is 10.6 Å². The minimum atomic E-state index is -0.567. The number of benzene rings is 2. The molecule has 1 saturated heterocycles. The van der Waals surface area contributed by atoms with Crippen LogP contribution in [0, 0.1) is 0 Å². The van der Waals surface area contributed by atoms with Crippen molar-refractivity contribution in [2.24, 2.45) is 0 Å². The SMILES string of the molecule is O=C(CCCN1C(=O)[C@H](CC(=O)Nc2ccc(Cl)cc2)SC1=S)Nc1ccc(Cl)cc1. The predicted octanol–water partition coefficient (Wildman–Crippen LogP) is 4.97. The van der Waals surface area contributed by atoms with Crippen molar-refractivity contribution >= 4 is 80.6 Å². The van der Waals surface area contributed by atoms with E-state index >= 15 is 0 Å². The monoisotopic (exact) mass is 495 g/mol. The van der Waals surface area contributed by atoms with E-state index in [-0.39, 0.29) is 30.6 Å². The van der Waals surface area contributed by atoms with Crippen molar-refractivity contribution in [2.45, 2.75) is 24.5 Å². The van der Waals surface area contributed by atoms with E-state index in [1.807, 2.05) is 0 Å². The van der Waals surface area contributed by atoms with Gasteiger partial charge in [-0.25, -0.2) is 0 Å². The Morgan fingerprint density at radius 3 is 2.00 bits per heavy atom. The van der Waals surface area contributed by atoms with E-state index in [9.17, 15) is 14.4 Å². The summed E-state index contributed by atoms with van der Waals surface area (Å²) in [6.45, 7) is 0.327. The molecule has 3 amide bonds. The van der Waals surface area contributed by atoms with E-state index < -0.39 is 5.25 Å². The molecule has 1 heterocycles. The number of hydrogen-bond donors (Lipinski definition) is 2. The first kappa shape index (κ1) is 23.5. The first-order valence-corrected chi connectivity index (χ1v) is 11.5. The van der Waals surface area contributed by atoms with Crippen molar-refractivity contribution in [3.63, 3.8) is 0 Å². The average Bonchev–Trinajstić information content (AvgIpc) is 2.98. The zero-order chi connectivity index (χ0) is 22.4. The largest absolute Gasteiger partial charge is 0.326 e. The summed E-state index contributed by atoms with van der Waals surface area (Å²) in [7, 11) is 0. The van der Waals surface area contributed by atoms with Crippen LogP contribution in [-0.2, 0) is 14.4 Å². The molecule has 2 N–H and O–H groups in total. The number of nitrogens with one attached hydrogen (secondary N) is 2. The van der Waals surface area contributed by atoms with Gasteiger partial charge >= 0.3 is 0 Å². The Balaban J connectivity index is 1.44. The van der Waals surface area contributed by atoms with Crippen LogP contribution in [0.5, 0.6) is 0 Å². The minimum Gasteiger partial charge on any atom is -0.326 e. The van der Waals surface area contributed by atoms with Crippen LogP contribution in [0.3, 0.4) is 0 Å². The number of hydrogen-bond acceptors (Lipinski definition) is 5. The summed E-state index contributed by atoms with van der Waals surface area (Å²) in [4.78, 5) is 38.5. The van der Waals surface area contributed by atoms with E-state index in [2.05, 4.69) is 10.6 Å². The van der Waals surface area contributed by atoms with E-state index in [4.69, 9.17) is 35.4 Å². The smallest absolute Gasteiger partial charge is 0.242 e. The number of thioether (sulfide) groups is 1. The van der Waals surface area contributed by atoms with E-state index in [1.54, 1.807) is 48.5 Å². The Kier molecular flexibility index (Phi) is 8.31. The van der Waals surface area contributed by atoms with Crippen molar-refractivity contribution in [1.29, 1.82) is 0 Å². The van der Waals surface area contributed by atoms with Gasteiger partial charge in [0.25, 0.3) is 0 Å². The molecule has 162 valence electrons. The summed E-state index contributed by atoms with van der Waals surface area (Å²) in [5.41, 5.74) is 1.26. The topological polar surface area (TPSA) is 78.5 Å². The Hall–Kier alpha value is -2.13. The van der Waals surface area contributed by atoms with E-state index in [1.165, 1.54) is 16.7 Å². The predicted molar refractivity (Wildman–Crippen MR) is 130 cm³/mol. The van der Waals surface area contributed by atoms with Crippen molar-refractivity contribution in [2.75, 3.05) is 17.2 Å². The standard InChI is InChI=1S/C21H19Cl2N3O3S2/c22-13-3-7-15(8-4-13)24-18(27)2-1-11-26-20(29)17(31-21(26)30)12-19(28)25-16-9-5-14(23)6-10-16/h3-10,17H,1-2,11-12H2,(H,24,27)(H,25,28)/t17-/m0/s1. The number of nitrogens with zero attached hydrogens (tertiary/aromatic N) is 1. The lowest BCUT2D eigenvalue weighted by molar-refractivity contribution is -0.128. The Morgan fingerprint density at radius 1 is 0.935 bits per heavy atom. The Bertz CT molecular complexity index is 984. The third kappa shape index (κ3) is 6.93. The van der Waals surface area contributed by atoms with Crippen LogP contribution in [0.4, 0.5) is 11.4 Å². The number of thiocarbonyl (C=S) groups is 1. The molecule has 3 rings (SSSR count). The summed E-state index contributed by atoms with van der Waals surface area (Å²) >= 11 is 18.2. The lowest BCUT2D eigenvalue weighted by Gasteiger charge is -2.15. The molecule has 1 aliphatic heterocycles. The van der Waals surface area contributed by atoms with Gasteiger partial charge in [0, 0.05) is 40.8 Å². The second-order valence-electron chi connectivity index (χ2n) is 6.78. The highest BCUT2D eigenvalue weighted by Gasteiger charge is 2.37. The van der Waals surface area contributed by atoms with Gasteiger partial charge in [0.05, 0.1) is 5.25 Å². The maximum Gasteiger partial charge on any atom is 0.242 e. The summed E-state index contributed by atoms with van der Waals surface area (Å²) < 4.78 is 0.424. The quantitative estimate of drug-likeness (QED) is 0.505. The first-order valence-electron chi connectivity index (χ1n) is 9.44. The molecule has 0 aromatic heterocycles. The highest BCUT2D eigenvalue weighted by atomic mass is 35.5. The molecule has 10 heteroatoms. The Labute approximate surface area is 199 Å². The molecule has 1 atom stereocenters. The van der Waals surface area contributed by atoms with Crippen LogP contribution >= 0.6 is 47.2 Å². The molecule has 31 heavy (non-hydrogen) atoms. The number of amides is 3. The van der Waals surface area contributed by atoms with E-state index in [0.29, 0.717) is 38.7 Å². The molecule has 0 bridgehead atoms. The third-order valence-corrected chi connectivity index (χ3v) is 6.51. The molecule has 1 fully saturated rings. The zero-order valence-corrected chi connectivity index (χ0v) is 19.4. The zero-order valence-electron chi connectivity index (χ0n) is 16.3. The van der Waals surface area contributed by atoms with Gasteiger partial charge in [-0.3, -0.25) is 19.3 Å². The normalized spacial score (nSPS) is 15.8. The van der Waals surface area contributed by atoms with Crippen molar-refractivity contribution < 1.29 is 14.4 Å².